The monoisotopic (exact) mass is 404 g/mol. The fraction of sp³-hybridized carbons (Fsp3) is 0.200. The number of amides is 1. The topological polar surface area (TPSA) is 42.4 Å². The van der Waals surface area contributed by atoms with Crippen molar-refractivity contribution in [3.05, 3.63) is 81.8 Å². The average molecular weight is 404 g/mol. The minimum atomic E-state index is -4.74. The van der Waals surface area contributed by atoms with Crippen molar-refractivity contribution in [2.75, 3.05) is 6.54 Å². The van der Waals surface area contributed by atoms with Gasteiger partial charge in [-0.3, -0.25) is 9.78 Å². The van der Waals surface area contributed by atoms with Gasteiger partial charge in [0.15, 0.2) is 0 Å². The number of rotatable bonds is 3. The van der Waals surface area contributed by atoms with Gasteiger partial charge < -0.3 is 9.64 Å². The molecule has 4 nitrogen and oxygen atoms in total. The molecule has 0 bridgehead atoms. The van der Waals surface area contributed by atoms with E-state index in [4.69, 9.17) is 0 Å². The standard InChI is InChI=1S/C20H15F3N2O2S/c21-20(22,23)27-15-3-1-13(2-4-15)18-16-8-12-28-17(16)7-11-25(18)19(26)14-5-9-24-10-6-14/h1-6,8-10,12,18H,7,11H2. The van der Waals surface area contributed by atoms with Gasteiger partial charge in [-0.2, -0.15) is 0 Å². The fourth-order valence-electron chi connectivity index (χ4n) is 3.41. The van der Waals surface area contributed by atoms with Gasteiger partial charge in [0.25, 0.3) is 5.91 Å². The number of hydrogen-bond acceptors (Lipinski definition) is 4. The first-order valence-corrected chi connectivity index (χ1v) is 9.43. The summed E-state index contributed by atoms with van der Waals surface area (Å²) in [6.45, 7) is 0.528. The molecule has 1 amide bonds. The molecular formula is C20H15F3N2O2S. The molecule has 1 aliphatic rings. The fourth-order valence-corrected chi connectivity index (χ4v) is 4.31. The molecule has 0 saturated heterocycles. The van der Waals surface area contributed by atoms with Gasteiger partial charge >= 0.3 is 6.36 Å². The molecule has 144 valence electrons. The lowest BCUT2D eigenvalue weighted by Crippen LogP contribution is -2.40. The molecule has 3 heterocycles. The van der Waals surface area contributed by atoms with Gasteiger partial charge in [0.05, 0.1) is 6.04 Å². The van der Waals surface area contributed by atoms with Gasteiger partial charge in [-0.15, -0.1) is 24.5 Å². The highest BCUT2D eigenvalue weighted by atomic mass is 32.1. The second-order valence-corrected chi connectivity index (χ2v) is 7.30. The molecule has 1 atom stereocenters. The number of hydrogen-bond donors (Lipinski definition) is 0. The summed E-state index contributed by atoms with van der Waals surface area (Å²) in [4.78, 5) is 20.0. The molecule has 3 aromatic rings. The van der Waals surface area contributed by atoms with Crippen LogP contribution in [0.3, 0.4) is 0 Å². The lowest BCUT2D eigenvalue weighted by molar-refractivity contribution is -0.274. The van der Waals surface area contributed by atoms with E-state index in [-0.39, 0.29) is 17.7 Å². The summed E-state index contributed by atoms with van der Waals surface area (Å²) >= 11 is 1.62. The van der Waals surface area contributed by atoms with Crippen molar-refractivity contribution >= 4 is 17.2 Å². The van der Waals surface area contributed by atoms with Crippen molar-refractivity contribution in [3.63, 3.8) is 0 Å². The Morgan fingerprint density at radius 1 is 1.11 bits per heavy atom. The molecule has 28 heavy (non-hydrogen) atoms. The van der Waals surface area contributed by atoms with Crippen molar-refractivity contribution in [2.45, 2.75) is 18.8 Å². The highest BCUT2D eigenvalue weighted by molar-refractivity contribution is 7.10. The van der Waals surface area contributed by atoms with E-state index in [1.807, 2.05) is 11.4 Å². The van der Waals surface area contributed by atoms with Crippen LogP contribution >= 0.6 is 11.3 Å². The van der Waals surface area contributed by atoms with Crippen molar-refractivity contribution in [1.82, 2.24) is 9.88 Å². The summed E-state index contributed by atoms with van der Waals surface area (Å²) < 4.78 is 41.2. The van der Waals surface area contributed by atoms with Crippen LogP contribution in [0.4, 0.5) is 13.2 Å². The quantitative estimate of drug-likeness (QED) is 0.628. The molecule has 0 radical (unpaired) electrons. The Balaban J connectivity index is 1.69. The molecular weight excluding hydrogens is 389 g/mol. The highest BCUT2D eigenvalue weighted by Gasteiger charge is 2.34. The normalized spacial score (nSPS) is 16.5. The molecule has 8 heteroatoms. The number of ether oxygens (including phenoxy) is 1. The predicted octanol–water partition coefficient (Wildman–Crippen LogP) is 4.83. The second-order valence-electron chi connectivity index (χ2n) is 6.30. The van der Waals surface area contributed by atoms with Gasteiger partial charge in [-0.25, -0.2) is 0 Å². The second kappa shape index (κ2) is 7.27. The maximum atomic E-state index is 13.1. The maximum absolute atomic E-state index is 13.1. The molecule has 0 aliphatic carbocycles. The van der Waals surface area contributed by atoms with Gasteiger partial charge in [-0.05, 0) is 53.3 Å². The van der Waals surface area contributed by atoms with E-state index < -0.39 is 6.36 Å². The van der Waals surface area contributed by atoms with Crippen molar-refractivity contribution in [3.8, 4) is 5.75 Å². The van der Waals surface area contributed by atoms with Crippen molar-refractivity contribution in [1.29, 1.82) is 0 Å². The van der Waals surface area contributed by atoms with Crippen LogP contribution in [-0.4, -0.2) is 28.7 Å². The third kappa shape index (κ3) is 3.73. The largest absolute Gasteiger partial charge is 0.573 e. The van der Waals surface area contributed by atoms with Crippen LogP contribution in [0, 0.1) is 0 Å². The number of fused-ring (bicyclic) bond motifs is 1. The predicted molar refractivity (Wildman–Crippen MR) is 98.3 cm³/mol. The number of benzene rings is 1. The summed E-state index contributed by atoms with van der Waals surface area (Å²) in [6, 6.07) is 10.6. The lowest BCUT2D eigenvalue weighted by Gasteiger charge is -2.36. The summed E-state index contributed by atoms with van der Waals surface area (Å²) in [7, 11) is 0. The van der Waals surface area contributed by atoms with Crippen LogP contribution in [0.2, 0.25) is 0 Å². The first-order chi connectivity index (χ1) is 13.4. The first kappa shape index (κ1) is 18.5. The van der Waals surface area contributed by atoms with Crippen molar-refractivity contribution < 1.29 is 22.7 Å². The number of thiophene rings is 1. The Morgan fingerprint density at radius 2 is 1.82 bits per heavy atom. The summed E-state index contributed by atoms with van der Waals surface area (Å²) in [5, 5.41) is 1.97. The van der Waals surface area contributed by atoms with E-state index >= 15 is 0 Å². The van der Waals surface area contributed by atoms with Crippen LogP contribution < -0.4 is 4.74 Å². The van der Waals surface area contributed by atoms with E-state index in [0.717, 1.165) is 17.5 Å². The minimum absolute atomic E-state index is 0.139. The van der Waals surface area contributed by atoms with Crippen LogP contribution in [0.1, 0.15) is 32.4 Å². The summed E-state index contributed by atoms with van der Waals surface area (Å²) in [6.07, 6.45) is -0.872. The number of nitrogens with zero attached hydrogens (tertiary/aromatic N) is 2. The van der Waals surface area contributed by atoms with Crippen LogP contribution in [0.15, 0.2) is 60.2 Å². The van der Waals surface area contributed by atoms with E-state index in [1.54, 1.807) is 52.9 Å². The Morgan fingerprint density at radius 3 is 2.50 bits per heavy atom. The molecule has 2 aromatic heterocycles. The smallest absolute Gasteiger partial charge is 0.406 e. The maximum Gasteiger partial charge on any atom is 0.573 e. The van der Waals surface area contributed by atoms with Crippen molar-refractivity contribution in [2.24, 2.45) is 0 Å². The summed E-state index contributed by atoms with van der Waals surface area (Å²) in [5.41, 5.74) is 2.26. The Hall–Kier alpha value is -2.87. The molecule has 0 fully saturated rings. The van der Waals surface area contributed by atoms with Gasteiger partial charge in [0.2, 0.25) is 0 Å². The average Bonchev–Trinajstić information content (AvgIpc) is 3.16. The number of halogens is 3. The molecule has 0 N–H and O–H groups in total. The van der Waals surface area contributed by atoms with Gasteiger partial charge in [0.1, 0.15) is 5.75 Å². The Kier molecular flexibility index (Phi) is 4.80. The molecule has 1 aliphatic heterocycles. The number of carbonyl (C=O) groups is 1. The number of alkyl halides is 3. The number of carbonyl (C=O) groups excluding carboxylic acids is 1. The van der Waals surface area contributed by atoms with Crippen LogP contribution in [0.5, 0.6) is 5.75 Å². The van der Waals surface area contributed by atoms with Gasteiger partial charge in [-0.1, -0.05) is 12.1 Å². The first-order valence-electron chi connectivity index (χ1n) is 8.55. The number of pyridine rings is 1. The van der Waals surface area contributed by atoms with E-state index in [1.165, 1.54) is 17.0 Å². The third-order valence-electron chi connectivity index (χ3n) is 4.58. The van der Waals surface area contributed by atoms with E-state index in [9.17, 15) is 18.0 Å². The zero-order valence-corrected chi connectivity index (χ0v) is 15.3. The molecule has 1 aromatic carbocycles. The SMILES string of the molecule is O=C(c1ccncc1)N1CCc2sccc2C1c1ccc(OC(F)(F)F)cc1. The molecule has 4 rings (SSSR count). The Labute approximate surface area is 163 Å². The third-order valence-corrected chi connectivity index (χ3v) is 5.58. The van der Waals surface area contributed by atoms with Crippen LogP contribution in [0.25, 0.3) is 0 Å². The van der Waals surface area contributed by atoms with Crippen LogP contribution in [-0.2, 0) is 6.42 Å². The molecule has 0 spiro atoms. The molecule has 0 saturated carbocycles. The zero-order valence-electron chi connectivity index (χ0n) is 14.5. The van der Waals surface area contributed by atoms with E-state index in [0.29, 0.717) is 12.1 Å². The molecule has 1 unspecified atom stereocenters. The zero-order chi connectivity index (χ0) is 19.7. The summed E-state index contributed by atoms with van der Waals surface area (Å²) in [5.74, 6) is -0.426. The van der Waals surface area contributed by atoms with Gasteiger partial charge in [0, 0.05) is 29.4 Å². The number of aromatic nitrogens is 1. The lowest BCUT2D eigenvalue weighted by atomic mass is 9.92. The van der Waals surface area contributed by atoms with E-state index in [2.05, 4.69) is 9.72 Å². The minimum Gasteiger partial charge on any atom is -0.406 e. The highest BCUT2D eigenvalue weighted by Crippen LogP contribution is 2.39. The Bertz CT molecular complexity index is 971.